The van der Waals surface area contributed by atoms with E-state index in [0.29, 0.717) is 0 Å². The lowest BCUT2D eigenvalue weighted by atomic mass is 10.1. The molecular formula is C9H11N3. The SMILES string of the molecule is CC(N)c1ccnc2[nH]ccc12. The van der Waals surface area contributed by atoms with E-state index in [0.717, 1.165) is 16.6 Å². The van der Waals surface area contributed by atoms with E-state index < -0.39 is 0 Å². The van der Waals surface area contributed by atoms with Crippen LogP contribution in [0.5, 0.6) is 0 Å². The van der Waals surface area contributed by atoms with Crippen molar-refractivity contribution in [3.8, 4) is 0 Å². The van der Waals surface area contributed by atoms with Gasteiger partial charge in [-0.2, -0.15) is 0 Å². The highest BCUT2D eigenvalue weighted by molar-refractivity contribution is 5.79. The number of aromatic amines is 1. The number of nitrogens with zero attached hydrogens (tertiary/aromatic N) is 1. The molecule has 2 heterocycles. The number of nitrogens with one attached hydrogen (secondary N) is 1. The fraction of sp³-hybridized carbons (Fsp3) is 0.222. The van der Waals surface area contributed by atoms with Crippen molar-refractivity contribution in [2.75, 3.05) is 0 Å². The van der Waals surface area contributed by atoms with E-state index >= 15 is 0 Å². The lowest BCUT2D eigenvalue weighted by molar-refractivity contribution is 0.825. The van der Waals surface area contributed by atoms with Gasteiger partial charge in [-0.1, -0.05) is 0 Å². The van der Waals surface area contributed by atoms with Crippen LogP contribution in [0.1, 0.15) is 18.5 Å². The maximum atomic E-state index is 5.80. The Balaban J connectivity index is 2.73. The van der Waals surface area contributed by atoms with Gasteiger partial charge in [0.15, 0.2) is 0 Å². The average molecular weight is 161 g/mol. The van der Waals surface area contributed by atoms with Crippen molar-refractivity contribution in [2.45, 2.75) is 13.0 Å². The van der Waals surface area contributed by atoms with Gasteiger partial charge in [0.25, 0.3) is 0 Å². The number of aromatic nitrogens is 2. The maximum Gasteiger partial charge on any atom is 0.137 e. The van der Waals surface area contributed by atoms with Gasteiger partial charge in [0.2, 0.25) is 0 Å². The van der Waals surface area contributed by atoms with Crippen LogP contribution in [0.25, 0.3) is 11.0 Å². The molecule has 0 aliphatic heterocycles. The molecule has 0 amide bonds. The minimum absolute atomic E-state index is 0.0614. The molecule has 0 fully saturated rings. The Kier molecular flexibility index (Phi) is 1.59. The minimum Gasteiger partial charge on any atom is -0.346 e. The van der Waals surface area contributed by atoms with E-state index in [1.165, 1.54) is 0 Å². The van der Waals surface area contributed by atoms with Crippen LogP contribution in [-0.4, -0.2) is 9.97 Å². The van der Waals surface area contributed by atoms with Crippen molar-refractivity contribution in [1.29, 1.82) is 0 Å². The molecule has 3 heteroatoms. The second-order valence-corrected chi connectivity index (χ2v) is 2.93. The summed E-state index contributed by atoms with van der Waals surface area (Å²) in [6.07, 6.45) is 3.65. The van der Waals surface area contributed by atoms with Gasteiger partial charge < -0.3 is 10.7 Å². The van der Waals surface area contributed by atoms with Crippen molar-refractivity contribution in [1.82, 2.24) is 9.97 Å². The summed E-state index contributed by atoms with van der Waals surface area (Å²) in [5, 5.41) is 1.12. The van der Waals surface area contributed by atoms with Crippen molar-refractivity contribution in [2.24, 2.45) is 5.73 Å². The topological polar surface area (TPSA) is 54.7 Å². The van der Waals surface area contributed by atoms with Crippen LogP contribution in [0.3, 0.4) is 0 Å². The molecule has 0 saturated heterocycles. The number of fused-ring (bicyclic) bond motifs is 1. The number of hydrogen-bond donors (Lipinski definition) is 2. The lowest BCUT2D eigenvalue weighted by Crippen LogP contribution is -2.05. The predicted octanol–water partition coefficient (Wildman–Crippen LogP) is 1.58. The summed E-state index contributed by atoms with van der Waals surface area (Å²) in [4.78, 5) is 7.22. The number of H-pyrrole nitrogens is 1. The molecule has 0 bridgehead atoms. The Hall–Kier alpha value is -1.35. The van der Waals surface area contributed by atoms with E-state index in [9.17, 15) is 0 Å². The van der Waals surface area contributed by atoms with E-state index in [4.69, 9.17) is 5.73 Å². The highest BCUT2D eigenvalue weighted by atomic mass is 14.8. The Labute approximate surface area is 70.6 Å². The highest BCUT2D eigenvalue weighted by Gasteiger charge is 2.05. The first-order valence-corrected chi connectivity index (χ1v) is 3.96. The minimum atomic E-state index is 0.0614. The van der Waals surface area contributed by atoms with Crippen molar-refractivity contribution >= 4 is 11.0 Å². The highest BCUT2D eigenvalue weighted by Crippen LogP contribution is 2.19. The third-order valence-electron chi connectivity index (χ3n) is 1.98. The quantitative estimate of drug-likeness (QED) is 0.667. The first-order valence-electron chi connectivity index (χ1n) is 3.96. The zero-order valence-corrected chi connectivity index (χ0v) is 6.91. The molecule has 62 valence electrons. The molecule has 0 spiro atoms. The fourth-order valence-corrected chi connectivity index (χ4v) is 1.38. The number of nitrogens with two attached hydrogens (primary N) is 1. The van der Waals surface area contributed by atoms with Gasteiger partial charge in [0.05, 0.1) is 0 Å². The molecule has 1 atom stereocenters. The monoisotopic (exact) mass is 161 g/mol. The Bertz CT molecular complexity index is 389. The molecule has 2 aromatic rings. The maximum absolute atomic E-state index is 5.80. The standard InChI is InChI=1S/C9H11N3/c1-6(10)7-2-4-11-9-8(7)3-5-12-9/h2-6H,10H2,1H3,(H,11,12). The van der Waals surface area contributed by atoms with Crippen LogP contribution in [0, 0.1) is 0 Å². The third kappa shape index (κ3) is 0.987. The molecule has 2 rings (SSSR count). The molecule has 0 saturated carbocycles. The van der Waals surface area contributed by atoms with Crippen LogP contribution in [-0.2, 0) is 0 Å². The predicted molar refractivity (Wildman–Crippen MR) is 48.7 cm³/mol. The fourth-order valence-electron chi connectivity index (χ4n) is 1.38. The van der Waals surface area contributed by atoms with Gasteiger partial charge in [-0.25, -0.2) is 4.98 Å². The molecule has 2 aromatic heterocycles. The summed E-state index contributed by atoms with van der Waals surface area (Å²) in [5.41, 5.74) is 7.84. The van der Waals surface area contributed by atoms with Gasteiger partial charge in [0, 0.05) is 23.8 Å². The van der Waals surface area contributed by atoms with E-state index in [2.05, 4.69) is 9.97 Å². The third-order valence-corrected chi connectivity index (χ3v) is 1.98. The van der Waals surface area contributed by atoms with Crippen molar-refractivity contribution in [3.63, 3.8) is 0 Å². The van der Waals surface area contributed by atoms with Gasteiger partial charge >= 0.3 is 0 Å². The number of pyridine rings is 1. The zero-order chi connectivity index (χ0) is 8.55. The smallest absolute Gasteiger partial charge is 0.137 e. The summed E-state index contributed by atoms with van der Waals surface area (Å²) < 4.78 is 0. The Morgan fingerprint density at radius 2 is 2.33 bits per heavy atom. The van der Waals surface area contributed by atoms with Gasteiger partial charge in [-0.3, -0.25) is 0 Å². The molecule has 0 aromatic carbocycles. The summed E-state index contributed by atoms with van der Waals surface area (Å²) in [5.74, 6) is 0. The van der Waals surface area contributed by atoms with E-state index in [1.807, 2.05) is 25.3 Å². The average Bonchev–Trinajstić information content (AvgIpc) is 2.49. The van der Waals surface area contributed by atoms with Crippen LogP contribution >= 0.6 is 0 Å². The molecule has 0 aliphatic carbocycles. The largest absolute Gasteiger partial charge is 0.346 e. The molecule has 12 heavy (non-hydrogen) atoms. The van der Waals surface area contributed by atoms with E-state index in [1.54, 1.807) is 6.20 Å². The zero-order valence-electron chi connectivity index (χ0n) is 6.91. The lowest BCUT2D eigenvalue weighted by Gasteiger charge is -2.05. The van der Waals surface area contributed by atoms with Crippen LogP contribution in [0.15, 0.2) is 24.5 Å². The molecule has 3 nitrogen and oxygen atoms in total. The number of hydrogen-bond acceptors (Lipinski definition) is 2. The molecular weight excluding hydrogens is 150 g/mol. The van der Waals surface area contributed by atoms with Gasteiger partial charge in [0.1, 0.15) is 5.65 Å². The van der Waals surface area contributed by atoms with E-state index in [-0.39, 0.29) is 6.04 Å². The van der Waals surface area contributed by atoms with Crippen LogP contribution in [0.4, 0.5) is 0 Å². The Morgan fingerprint density at radius 1 is 1.50 bits per heavy atom. The summed E-state index contributed by atoms with van der Waals surface area (Å²) >= 11 is 0. The van der Waals surface area contributed by atoms with Gasteiger partial charge in [-0.05, 0) is 24.6 Å². The second-order valence-electron chi connectivity index (χ2n) is 2.93. The molecule has 0 radical (unpaired) electrons. The Morgan fingerprint density at radius 3 is 3.08 bits per heavy atom. The summed E-state index contributed by atoms with van der Waals surface area (Å²) in [6.45, 7) is 1.97. The first kappa shape index (κ1) is 7.31. The first-order chi connectivity index (χ1) is 5.79. The molecule has 0 aliphatic rings. The summed E-state index contributed by atoms with van der Waals surface area (Å²) in [6, 6.07) is 4.02. The summed E-state index contributed by atoms with van der Waals surface area (Å²) in [7, 11) is 0. The van der Waals surface area contributed by atoms with Gasteiger partial charge in [-0.15, -0.1) is 0 Å². The molecule has 1 unspecified atom stereocenters. The van der Waals surface area contributed by atoms with Crippen LogP contribution in [0.2, 0.25) is 0 Å². The number of rotatable bonds is 1. The van der Waals surface area contributed by atoms with Crippen molar-refractivity contribution < 1.29 is 0 Å². The molecule has 3 N–H and O–H groups in total. The second kappa shape index (κ2) is 2.60. The normalized spacial score (nSPS) is 13.5. The van der Waals surface area contributed by atoms with Crippen molar-refractivity contribution in [3.05, 3.63) is 30.1 Å². The van der Waals surface area contributed by atoms with Crippen LogP contribution < -0.4 is 5.73 Å².